The van der Waals surface area contributed by atoms with Crippen molar-refractivity contribution < 1.29 is 17.9 Å². The zero-order chi connectivity index (χ0) is 22.6. The van der Waals surface area contributed by atoms with Crippen LogP contribution in [0.2, 0.25) is 0 Å². The number of carbonyl (C=O) groups excluding carboxylic acids is 1. The summed E-state index contributed by atoms with van der Waals surface area (Å²) in [5, 5.41) is 14.4. The summed E-state index contributed by atoms with van der Waals surface area (Å²) in [7, 11) is -3.30. The number of nitrogens with one attached hydrogen (secondary N) is 1. The lowest BCUT2D eigenvalue weighted by molar-refractivity contribution is 0.102. The predicted molar refractivity (Wildman–Crippen MR) is 117 cm³/mol. The summed E-state index contributed by atoms with van der Waals surface area (Å²) >= 11 is 0. The Labute approximate surface area is 184 Å². The second-order valence-electron chi connectivity index (χ2n) is 6.88. The number of hydrogen-bond donors (Lipinski definition) is 1. The van der Waals surface area contributed by atoms with E-state index in [1.165, 1.54) is 16.8 Å². The van der Waals surface area contributed by atoms with Crippen molar-refractivity contribution in [1.82, 2.24) is 20.2 Å². The van der Waals surface area contributed by atoms with Gasteiger partial charge < -0.3 is 10.1 Å². The van der Waals surface area contributed by atoms with Crippen LogP contribution < -0.4 is 10.1 Å². The van der Waals surface area contributed by atoms with E-state index in [1.807, 2.05) is 18.2 Å². The van der Waals surface area contributed by atoms with Crippen molar-refractivity contribution in [3.8, 4) is 11.4 Å². The maximum Gasteiger partial charge on any atom is 0.259 e. The Morgan fingerprint density at radius 1 is 0.969 bits per heavy atom. The SMILES string of the molecule is CS(=O)(=O)c1ccc(-n2nnnc2COc2ccccc2C(=O)Nc2ccccc2)cc1. The van der Waals surface area contributed by atoms with E-state index < -0.39 is 9.84 Å². The van der Waals surface area contributed by atoms with E-state index in [-0.39, 0.29) is 17.4 Å². The van der Waals surface area contributed by atoms with Crippen LogP contribution in [0.4, 0.5) is 5.69 Å². The van der Waals surface area contributed by atoms with Crippen LogP contribution in [0.15, 0.2) is 83.8 Å². The lowest BCUT2D eigenvalue weighted by atomic mass is 10.2. The Hall–Kier alpha value is -4.05. The van der Waals surface area contributed by atoms with Gasteiger partial charge in [0, 0.05) is 11.9 Å². The molecule has 0 aliphatic carbocycles. The number of amides is 1. The van der Waals surface area contributed by atoms with Crippen LogP contribution in [-0.4, -0.2) is 40.8 Å². The molecule has 1 N–H and O–H groups in total. The Morgan fingerprint density at radius 3 is 2.38 bits per heavy atom. The summed E-state index contributed by atoms with van der Waals surface area (Å²) in [4.78, 5) is 12.9. The van der Waals surface area contributed by atoms with Gasteiger partial charge in [0.25, 0.3) is 5.91 Å². The average Bonchev–Trinajstić information content (AvgIpc) is 3.27. The summed E-state index contributed by atoms with van der Waals surface area (Å²) < 4.78 is 30.6. The second-order valence-corrected chi connectivity index (χ2v) is 8.89. The number of carbonyl (C=O) groups is 1. The van der Waals surface area contributed by atoms with Crippen molar-refractivity contribution in [3.63, 3.8) is 0 Å². The van der Waals surface area contributed by atoms with Gasteiger partial charge in [-0.3, -0.25) is 4.79 Å². The minimum Gasteiger partial charge on any atom is -0.485 e. The third kappa shape index (κ3) is 4.81. The van der Waals surface area contributed by atoms with Gasteiger partial charge >= 0.3 is 0 Å². The van der Waals surface area contributed by atoms with Crippen molar-refractivity contribution in [3.05, 3.63) is 90.3 Å². The van der Waals surface area contributed by atoms with Crippen molar-refractivity contribution in [1.29, 1.82) is 0 Å². The van der Waals surface area contributed by atoms with Gasteiger partial charge in [-0.15, -0.1) is 5.10 Å². The number of benzene rings is 3. The van der Waals surface area contributed by atoms with Crippen molar-refractivity contribution >= 4 is 21.4 Å². The normalized spacial score (nSPS) is 11.2. The summed E-state index contributed by atoms with van der Waals surface area (Å²) in [5.74, 6) is 0.459. The zero-order valence-electron chi connectivity index (χ0n) is 17.0. The molecule has 0 atom stereocenters. The number of rotatable bonds is 7. The van der Waals surface area contributed by atoms with E-state index in [9.17, 15) is 13.2 Å². The topological polar surface area (TPSA) is 116 Å². The number of hydrogen-bond acceptors (Lipinski definition) is 7. The molecule has 1 amide bonds. The number of tetrazole rings is 1. The second kappa shape index (κ2) is 8.98. The van der Waals surface area contributed by atoms with Gasteiger partial charge in [0.1, 0.15) is 12.4 Å². The van der Waals surface area contributed by atoms with Crippen LogP contribution in [0.3, 0.4) is 0 Å². The van der Waals surface area contributed by atoms with Gasteiger partial charge in [0.05, 0.1) is 16.1 Å². The van der Waals surface area contributed by atoms with Crippen LogP contribution in [0.1, 0.15) is 16.2 Å². The largest absolute Gasteiger partial charge is 0.485 e. The molecular formula is C22H19N5O4S. The van der Waals surface area contributed by atoms with E-state index >= 15 is 0 Å². The number of nitrogens with zero attached hydrogens (tertiary/aromatic N) is 4. The number of para-hydroxylation sites is 2. The first-order valence-corrected chi connectivity index (χ1v) is 11.5. The third-order valence-corrected chi connectivity index (χ3v) is 5.69. The molecule has 4 aromatic rings. The summed E-state index contributed by atoms with van der Waals surface area (Å²) in [6.45, 7) is -0.00351. The molecule has 32 heavy (non-hydrogen) atoms. The van der Waals surface area contributed by atoms with Crippen LogP contribution in [-0.2, 0) is 16.4 Å². The molecule has 1 heterocycles. The molecule has 1 aromatic heterocycles. The summed E-state index contributed by atoms with van der Waals surface area (Å²) in [6, 6.07) is 22.2. The molecule has 0 saturated carbocycles. The van der Waals surface area contributed by atoms with E-state index in [4.69, 9.17) is 4.74 Å². The fraction of sp³-hybridized carbons (Fsp3) is 0.0909. The number of anilines is 1. The van der Waals surface area contributed by atoms with Crippen LogP contribution in [0.25, 0.3) is 5.69 Å². The first kappa shape index (κ1) is 21.2. The number of aromatic nitrogens is 4. The molecule has 3 aromatic carbocycles. The Balaban J connectivity index is 1.51. The van der Waals surface area contributed by atoms with Crippen molar-refractivity contribution in [2.75, 3.05) is 11.6 Å². The molecule has 4 rings (SSSR count). The first-order chi connectivity index (χ1) is 15.4. The van der Waals surface area contributed by atoms with Crippen LogP contribution in [0, 0.1) is 0 Å². The van der Waals surface area contributed by atoms with Crippen molar-refractivity contribution in [2.45, 2.75) is 11.5 Å². The molecule has 0 saturated heterocycles. The highest BCUT2D eigenvalue weighted by Crippen LogP contribution is 2.21. The van der Waals surface area contributed by atoms with E-state index in [1.54, 1.807) is 48.5 Å². The van der Waals surface area contributed by atoms with Crippen LogP contribution in [0.5, 0.6) is 5.75 Å². The summed E-state index contributed by atoms with van der Waals surface area (Å²) in [5.41, 5.74) is 1.62. The minimum atomic E-state index is -3.30. The molecule has 9 nitrogen and oxygen atoms in total. The monoisotopic (exact) mass is 449 g/mol. The van der Waals surface area contributed by atoms with Gasteiger partial charge in [-0.05, 0) is 59.0 Å². The fourth-order valence-electron chi connectivity index (χ4n) is 2.97. The lowest BCUT2D eigenvalue weighted by Gasteiger charge is -2.12. The molecule has 0 spiro atoms. The predicted octanol–water partition coefficient (Wildman–Crippen LogP) is 2.90. The highest BCUT2D eigenvalue weighted by Gasteiger charge is 2.15. The number of sulfone groups is 1. The van der Waals surface area contributed by atoms with E-state index in [0.29, 0.717) is 28.5 Å². The Bertz CT molecular complexity index is 1340. The van der Waals surface area contributed by atoms with E-state index in [0.717, 1.165) is 6.26 Å². The molecule has 0 aliphatic heterocycles. The molecule has 0 aliphatic rings. The molecule has 10 heteroatoms. The van der Waals surface area contributed by atoms with Gasteiger partial charge in [-0.1, -0.05) is 30.3 Å². The smallest absolute Gasteiger partial charge is 0.259 e. The van der Waals surface area contributed by atoms with Gasteiger partial charge in [0.2, 0.25) is 0 Å². The molecule has 0 unspecified atom stereocenters. The maximum absolute atomic E-state index is 12.7. The Kier molecular flexibility index (Phi) is 5.95. The minimum absolute atomic E-state index is 0.00351. The molecule has 0 fully saturated rings. The Morgan fingerprint density at radius 2 is 1.66 bits per heavy atom. The quantitative estimate of drug-likeness (QED) is 0.461. The maximum atomic E-state index is 12.7. The van der Waals surface area contributed by atoms with Crippen molar-refractivity contribution in [2.24, 2.45) is 0 Å². The molecule has 0 radical (unpaired) electrons. The molecular weight excluding hydrogens is 430 g/mol. The van der Waals surface area contributed by atoms with Gasteiger partial charge in [-0.25, -0.2) is 8.42 Å². The summed E-state index contributed by atoms with van der Waals surface area (Å²) in [6.07, 6.45) is 1.14. The number of ether oxygens (including phenoxy) is 1. The van der Waals surface area contributed by atoms with Gasteiger partial charge in [0.15, 0.2) is 15.7 Å². The highest BCUT2D eigenvalue weighted by molar-refractivity contribution is 7.90. The zero-order valence-corrected chi connectivity index (χ0v) is 17.9. The first-order valence-electron chi connectivity index (χ1n) is 9.58. The lowest BCUT2D eigenvalue weighted by Crippen LogP contribution is -2.14. The van der Waals surface area contributed by atoms with E-state index in [2.05, 4.69) is 20.8 Å². The molecule has 0 bridgehead atoms. The van der Waals surface area contributed by atoms with Gasteiger partial charge in [-0.2, -0.15) is 4.68 Å². The van der Waals surface area contributed by atoms with Crippen LogP contribution >= 0.6 is 0 Å². The highest BCUT2D eigenvalue weighted by atomic mass is 32.2. The fourth-order valence-corrected chi connectivity index (χ4v) is 3.60. The molecule has 162 valence electrons. The third-order valence-electron chi connectivity index (χ3n) is 4.56. The standard InChI is InChI=1S/C22H19N5O4S/c1-32(29,30)18-13-11-17(12-14-18)27-21(24-25-26-27)15-31-20-10-6-5-9-19(20)22(28)23-16-7-3-2-4-8-16/h2-14H,15H2,1H3,(H,23,28). The average molecular weight is 449 g/mol.